The molecule has 2 amide bonds. The predicted molar refractivity (Wildman–Crippen MR) is 135 cm³/mol. The predicted octanol–water partition coefficient (Wildman–Crippen LogP) is 6.00. The van der Waals surface area contributed by atoms with E-state index < -0.39 is 6.04 Å². The van der Waals surface area contributed by atoms with E-state index in [1.54, 1.807) is 25.1 Å². The minimum absolute atomic E-state index is 0.00150. The van der Waals surface area contributed by atoms with Crippen LogP contribution >= 0.6 is 23.2 Å². The molecular weight excluding hydrogens is 459 g/mol. The van der Waals surface area contributed by atoms with E-state index in [4.69, 9.17) is 27.9 Å². The van der Waals surface area contributed by atoms with Gasteiger partial charge >= 0.3 is 0 Å². The lowest BCUT2D eigenvalue weighted by molar-refractivity contribution is -0.142. The Morgan fingerprint density at radius 3 is 2.12 bits per heavy atom. The van der Waals surface area contributed by atoms with Crippen molar-refractivity contribution in [2.45, 2.75) is 72.0 Å². The van der Waals surface area contributed by atoms with Crippen molar-refractivity contribution in [3.63, 3.8) is 0 Å². The summed E-state index contributed by atoms with van der Waals surface area (Å²) in [6.45, 7) is 11.9. The van der Waals surface area contributed by atoms with Crippen LogP contribution in [0.4, 0.5) is 0 Å². The first-order valence-corrected chi connectivity index (χ1v) is 12.0. The van der Waals surface area contributed by atoms with Gasteiger partial charge in [0.2, 0.25) is 5.91 Å². The molecule has 0 heterocycles. The van der Waals surface area contributed by atoms with Crippen molar-refractivity contribution in [1.82, 2.24) is 10.2 Å². The first kappa shape index (κ1) is 27.0. The Morgan fingerprint density at radius 2 is 1.61 bits per heavy atom. The summed E-state index contributed by atoms with van der Waals surface area (Å²) in [5.41, 5.74) is 1.79. The largest absolute Gasteiger partial charge is 0.484 e. The summed E-state index contributed by atoms with van der Waals surface area (Å²) in [5, 5.41) is 3.81. The number of nitrogens with one attached hydrogen (secondary N) is 1. The molecule has 0 aliphatic rings. The van der Waals surface area contributed by atoms with Crippen molar-refractivity contribution in [3.8, 4) is 5.75 Å². The Balaban J connectivity index is 2.20. The molecule has 1 N–H and O–H groups in total. The molecule has 2 aromatic rings. The third kappa shape index (κ3) is 7.65. The Kier molecular flexibility index (Phi) is 9.62. The molecule has 0 spiro atoms. The highest BCUT2D eigenvalue weighted by atomic mass is 35.5. The topological polar surface area (TPSA) is 58.6 Å². The molecule has 180 valence electrons. The third-order valence-corrected chi connectivity index (χ3v) is 6.35. The van der Waals surface area contributed by atoms with Gasteiger partial charge in [-0.25, -0.2) is 0 Å². The lowest BCUT2D eigenvalue weighted by Gasteiger charge is -2.30. The maximum Gasteiger partial charge on any atom is 0.261 e. The van der Waals surface area contributed by atoms with Gasteiger partial charge in [-0.1, -0.05) is 69.1 Å². The Hall–Kier alpha value is -2.24. The Bertz CT molecular complexity index is 935. The normalized spacial score (nSPS) is 13.2. The van der Waals surface area contributed by atoms with E-state index in [1.807, 2.05) is 38.1 Å². The fourth-order valence-corrected chi connectivity index (χ4v) is 3.70. The quantitative estimate of drug-likeness (QED) is 0.466. The van der Waals surface area contributed by atoms with Crippen LogP contribution in [-0.4, -0.2) is 35.4 Å². The summed E-state index contributed by atoms with van der Waals surface area (Å²) in [6.07, 6.45) is 0.788. The fourth-order valence-electron chi connectivity index (χ4n) is 3.18. The minimum Gasteiger partial charge on any atom is -0.484 e. The summed E-state index contributed by atoms with van der Waals surface area (Å²) < 4.78 is 5.76. The number of carbonyl (C=O) groups excluding carboxylic acids is 2. The summed E-state index contributed by atoms with van der Waals surface area (Å²) in [7, 11) is 0. The van der Waals surface area contributed by atoms with Crippen LogP contribution in [-0.2, 0) is 21.5 Å². The van der Waals surface area contributed by atoms with E-state index in [-0.39, 0.29) is 36.4 Å². The molecule has 2 atom stereocenters. The number of benzene rings is 2. The first-order chi connectivity index (χ1) is 15.4. The average Bonchev–Trinajstić information content (AvgIpc) is 2.76. The second-order valence-electron chi connectivity index (χ2n) is 9.28. The van der Waals surface area contributed by atoms with Crippen LogP contribution in [0.2, 0.25) is 10.0 Å². The van der Waals surface area contributed by atoms with Crippen molar-refractivity contribution in [2.75, 3.05) is 6.61 Å². The molecule has 0 fully saturated rings. The number of halogens is 2. The molecule has 0 saturated carbocycles. The van der Waals surface area contributed by atoms with E-state index >= 15 is 0 Å². The summed E-state index contributed by atoms with van der Waals surface area (Å²) >= 11 is 12.7. The van der Waals surface area contributed by atoms with Crippen LogP contribution in [0.15, 0.2) is 42.5 Å². The second-order valence-corrected chi connectivity index (χ2v) is 10.1. The maximum absolute atomic E-state index is 13.2. The maximum atomic E-state index is 13.2. The van der Waals surface area contributed by atoms with Gasteiger partial charge in [-0.15, -0.1) is 0 Å². The molecule has 0 unspecified atom stereocenters. The van der Waals surface area contributed by atoms with E-state index in [0.717, 1.165) is 6.42 Å². The molecule has 0 aromatic heterocycles. The number of ether oxygens (including phenoxy) is 1. The van der Waals surface area contributed by atoms with Gasteiger partial charge in [-0.3, -0.25) is 9.59 Å². The van der Waals surface area contributed by atoms with E-state index in [9.17, 15) is 9.59 Å². The molecule has 0 aliphatic heterocycles. The van der Waals surface area contributed by atoms with Gasteiger partial charge in [0.05, 0.1) is 0 Å². The molecule has 0 saturated heterocycles. The molecular formula is C26H34Cl2N2O3. The van der Waals surface area contributed by atoms with Crippen molar-refractivity contribution < 1.29 is 14.3 Å². The van der Waals surface area contributed by atoms with Crippen molar-refractivity contribution in [2.24, 2.45) is 0 Å². The van der Waals surface area contributed by atoms with Gasteiger partial charge in [0.1, 0.15) is 11.8 Å². The average molecular weight is 493 g/mol. The van der Waals surface area contributed by atoms with Crippen LogP contribution < -0.4 is 10.1 Å². The lowest BCUT2D eigenvalue weighted by atomic mass is 9.87. The van der Waals surface area contributed by atoms with Gasteiger partial charge in [-0.05, 0) is 55.5 Å². The van der Waals surface area contributed by atoms with Crippen molar-refractivity contribution in [1.29, 1.82) is 0 Å². The van der Waals surface area contributed by atoms with Crippen LogP contribution in [0.3, 0.4) is 0 Å². The third-order valence-electron chi connectivity index (χ3n) is 5.64. The first-order valence-electron chi connectivity index (χ1n) is 11.2. The molecule has 7 heteroatoms. The smallest absolute Gasteiger partial charge is 0.261 e. The second kappa shape index (κ2) is 11.8. The van der Waals surface area contributed by atoms with Gasteiger partial charge < -0.3 is 15.0 Å². The van der Waals surface area contributed by atoms with Crippen LogP contribution in [0, 0.1) is 0 Å². The standard InChI is InChI=1S/C26H34Cl2N2O3/c1-7-17(2)29-25(32)18(3)30(15-21-22(27)9-8-10-23(21)28)24(31)16-33-20-13-11-19(12-14-20)26(4,5)6/h8-14,17-18H,7,15-16H2,1-6H3,(H,29,32)/t17-,18+/m0/s1. The fraction of sp³-hybridized carbons (Fsp3) is 0.462. The Labute approximate surface area is 207 Å². The molecule has 33 heavy (non-hydrogen) atoms. The monoisotopic (exact) mass is 492 g/mol. The van der Waals surface area contributed by atoms with Crippen molar-refractivity contribution >= 4 is 35.0 Å². The number of nitrogens with zero attached hydrogens (tertiary/aromatic N) is 1. The summed E-state index contributed by atoms with van der Waals surface area (Å²) in [5.74, 6) is 0.0110. The highest BCUT2D eigenvalue weighted by Crippen LogP contribution is 2.27. The van der Waals surface area contributed by atoms with Gasteiger partial charge in [0, 0.05) is 28.2 Å². The van der Waals surface area contributed by atoms with E-state index in [1.165, 1.54) is 10.5 Å². The zero-order valence-corrected chi connectivity index (χ0v) is 21.8. The van der Waals surface area contributed by atoms with Gasteiger partial charge in [0.25, 0.3) is 5.91 Å². The number of carbonyl (C=O) groups is 2. The SMILES string of the molecule is CC[C@H](C)NC(=O)[C@@H](C)N(Cc1c(Cl)cccc1Cl)C(=O)COc1ccc(C(C)(C)C)cc1. The van der Waals surface area contributed by atoms with Crippen molar-refractivity contribution in [3.05, 3.63) is 63.6 Å². The summed E-state index contributed by atoms with van der Waals surface area (Å²) in [4.78, 5) is 27.5. The molecule has 0 aliphatic carbocycles. The molecule has 0 bridgehead atoms. The molecule has 2 aromatic carbocycles. The van der Waals surface area contributed by atoms with Crippen LogP contribution in [0.5, 0.6) is 5.75 Å². The van der Waals surface area contributed by atoms with E-state index in [2.05, 4.69) is 26.1 Å². The zero-order chi connectivity index (χ0) is 24.8. The highest BCUT2D eigenvalue weighted by molar-refractivity contribution is 6.36. The number of rotatable bonds is 9. The van der Waals surface area contributed by atoms with E-state index in [0.29, 0.717) is 21.4 Å². The zero-order valence-electron chi connectivity index (χ0n) is 20.2. The highest BCUT2D eigenvalue weighted by Gasteiger charge is 2.28. The number of hydrogen-bond acceptors (Lipinski definition) is 3. The number of amides is 2. The van der Waals surface area contributed by atoms with Gasteiger partial charge in [0.15, 0.2) is 6.61 Å². The molecule has 0 radical (unpaired) electrons. The molecule has 2 rings (SSSR count). The Morgan fingerprint density at radius 1 is 1.03 bits per heavy atom. The number of hydrogen-bond donors (Lipinski definition) is 1. The lowest BCUT2D eigenvalue weighted by Crippen LogP contribution is -2.50. The molecule has 5 nitrogen and oxygen atoms in total. The summed E-state index contributed by atoms with van der Waals surface area (Å²) in [6, 6.07) is 12.1. The van der Waals surface area contributed by atoms with Gasteiger partial charge in [-0.2, -0.15) is 0 Å². The van der Waals surface area contributed by atoms with Crippen LogP contribution in [0.1, 0.15) is 59.1 Å². The van der Waals surface area contributed by atoms with Crippen LogP contribution in [0.25, 0.3) is 0 Å². The minimum atomic E-state index is -0.731.